The number of hydrogen-bond donors (Lipinski definition) is 0. The first-order valence-corrected chi connectivity index (χ1v) is 18.1. The van der Waals surface area contributed by atoms with Crippen LogP contribution in [-0.4, -0.2) is 24.1 Å². The minimum Gasteiger partial charge on any atom is -0.455 e. The summed E-state index contributed by atoms with van der Waals surface area (Å²) < 4.78 is 12.5. The summed E-state index contributed by atoms with van der Waals surface area (Å²) in [5.41, 5.74) is 1.61. The van der Waals surface area contributed by atoms with Gasteiger partial charge in [0.05, 0.1) is 11.1 Å². The van der Waals surface area contributed by atoms with E-state index in [-0.39, 0.29) is 17.4 Å². The molecule has 0 N–H and O–H groups in total. The van der Waals surface area contributed by atoms with Gasteiger partial charge in [-0.15, -0.1) is 0 Å². The molecule has 2 aromatic rings. The second-order valence-electron chi connectivity index (χ2n) is 16.2. The molecule has 0 aromatic heterocycles. The fourth-order valence-corrected chi connectivity index (χ4v) is 11.1. The third kappa shape index (κ3) is 6.37. The Balaban J connectivity index is 1.21. The van der Waals surface area contributed by atoms with E-state index in [1.165, 1.54) is 57.8 Å². The third-order valence-corrected chi connectivity index (χ3v) is 13.4. The summed E-state index contributed by atoms with van der Waals surface area (Å²) in [5.74, 6) is 4.43. The molecule has 10 atom stereocenters. The van der Waals surface area contributed by atoms with Gasteiger partial charge in [-0.1, -0.05) is 90.3 Å². The van der Waals surface area contributed by atoms with E-state index in [4.69, 9.17) is 9.47 Å². The topological polar surface area (TPSA) is 52.6 Å². The Morgan fingerprint density at radius 2 is 1.33 bits per heavy atom. The number of rotatable bonds is 9. The maximum Gasteiger partial charge on any atom is 0.338 e. The van der Waals surface area contributed by atoms with E-state index in [2.05, 4.69) is 34.6 Å². The number of carbonyl (C=O) groups is 2. The van der Waals surface area contributed by atoms with Crippen LogP contribution in [0.15, 0.2) is 60.7 Å². The lowest BCUT2D eigenvalue weighted by Crippen LogP contribution is -2.58. The molecule has 4 aliphatic rings. The van der Waals surface area contributed by atoms with E-state index in [0.29, 0.717) is 28.4 Å². The maximum absolute atomic E-state index is 13.4. The molecule has 0 spiro atoms. The van der Waals surface area contributed by atoms with Gasteiger partial charge < -0.3 is 9.47 Å². The van der Waals surface area contributed by atoms with Crippen LogP contribution in [0.3, 0.4) is 0 Å². The van der Waals surface area contributed by atoms with Crippen LogP contribution in [0, 0.1) is 52.3 Å². The summed E-state index contributed by atoms with van der Waals surface area (Å²) >= 11 is 0. The number of carbonyl (C=O) groups excluding carboxylic acids is 2. The lowest BCUT2D eigenvalue weighted by Gasteiger charge is -2.62. The minimum atomic E-state index is -0.448. The Morgan fingerprint density at radius 3 is 1.96 bits per heavy atom. The molecule has 0 saturated heterocycles. The minimum absolute atomic E-state index is 0.0719. The molecule has 0 aliphatic heterocycles. The molecule has 0 amide bonds. The molecule has 4 nitrogen and oxygen atoms in total. The first-order valence-electron chi connectivity index (χ1n) is 18.1. The Kier molecular flexibility index (Phi) is 9.51. The van der Waals surface area contributed by atoms with E-state index in [1.54, 1.807) is 24.3 Å². The average molecular weight is 613 g/mol. The van der Waals surface area contributed by atoms with Crippen LogP contribution in [0.4, 0.5) is 0 Å². The summed E-state index contributed by atoms with van der Waals surface area (Å²) in [6, 6.07) is 18.5. The van der Waals surface area contributed by atoms with Crippen LogP contribution in [0.5, 0.6) is 0 Å². The van der Waals surface area contributed by atoms with Gasteiger partial charge in [-0.2, -0.15) is 0 Å². The Bertz CT molecular complexity index is 1310. The molecule has 0 bridgehead atoms. The summed E-state index contributed by atoms with van der Waals surface area (Å²) in [4.78, 5) is 26.7. The molecule has 0 heterocycles. The molecule has 2 aromatic carbocycles. The van der Waals surface area contributed by atoms with Crippen molar-refractivity contribution in [3.05, 3.63) is 71.8 Å². The standard InChI is InChI=1S/C41H56O4/c1-27(2)13-12-14-28(3)33-21-22-34-32-20-19-31-25-36(44-38(42)29-15-8-6-9-16-29)37(45-39(43)30-17-10-7-11-18-30)26-41(31,5)35(32)23-24-40(33,34)4/h6-11,15-18,27-28,31-37H,12-14,19-26H2,1-5H3/t28-,31+,32+,33+,34-,35-,36+,37-,40-,41+/m1/s1. The van der Waals surface area contributed by atoms with Crippen LogP contribution in [-0.2, 0) is 9.47 Å². The van der Waals surface area contributed by atoms with Crippen LogP contribution >= 0.6 is 0 Å². The second-order valence-corrected chi connectivity index (χ2v) is 16.2. The Morgan fingerprint density at radius 1 is 0.733 bits per heavy atom. The van der Waals surface area contributed by atoms with Gasteiger partial charge in [-0.05, 0) is 128 Å². The highest BCUT2D eigenvalue weighted by Crippen LogP contribution is 2.68. The third-order valence-electron chi connectivity index (χ3n) is 13.4. The Labute approximate surface area is 272 Å². The van der Waals surface area contributed by atoms with Crippen LogP contribution < -0.4 is 0 Å². The monoisotopic (exact) mass is 612 g/mol. The van der Waals surface area contributed by atoms with Crippen molar-refractivity contribution in [1.29, 1.82) is 0 Å². The highest BCUT2D eigenvalue weighted by atomic mass is 16.6. The van der Waals surface area contributed by atoms with E-state index in [1.807, 2.05) is 36.4 Å². The van der Waals surface area contributed by atoms with Gasteiger partial charge in [0.15, 0.2) is 0 Å². The van der Waals surface area contributed by atoms with Crippen molar-refractivity contribution in [3.63, 3.8) is 0 Å². The molecule has 4 aliphatic carbocycles. The zero-order valence-electron chi connectivity index (χ0n) is 28.4. The van der Waals surface area contributed by atoms with Crippen LogP contribution in [0.25, 0.3) is 0 Å². The van der Waals surface area contributed by atoms with Gasteiger partial charge in [-0.25, -0.2) is 9.59 Å². The van der Waals surface area contributed by atoms with Crippen molar-refractivity contribution in [2.45, 2.75) is 117 Å². The lowest BCUT2D eigenvalue weighted by atomic mass is 9.44. The summed E-state index contributed by atoms with van der Waals surface area (Å²) in [6.07, 6.45) is 12.6. The normalized spacial score (nSPS) is 36.4. The van der Waals surface area contributed by atoms with Crippen molar-refractivity contribution in [2.75, 3.05) is 0 Å². The number of ether oxygens (including phenoxy) is 2. The van der Waals surface area contributed by atoms with Gasteiger partial charge in [0.1, 0.15) is 12.2 Å². The van der Waals surface area contributed by atoms with Crippen LogP contribution in [0.2, 0.25) is 0 Å². The van der Waals surface area contributed by atoms with E-state index < -0.39 is 12.2 Å². The second kappa shape index (κ2) is 13.2. The first kappa shape index (κ1) is 32.3. The molecule has 0 radical (unpaired) electrons. The van der Waals surface area contributed by atoms with E-state index in [9.17, 15) is 9.59 Å². The van der Waals surface area contributed by atoms with E-state index in [0.717, 1.165) is 42.4 Å². The maximum atomic E-state index is 13.4. The molecule has 4 heteroatoms. The van der Waals surface area contributed by atoms with Crippen LogP contribution in [0.1, 0.15) is 126 Å². The summed E-state index contributed by atoms with van der Waals surface area (Å²) in [6.45, 7) is 12.4. The van der Waals surface area contributed by atoms with Gasteiger partial charge in [0.25, 0.3) is 0 Å². The van der Waals surface area contributed by atoms with Gasteiger partial charge >= 0.3 is 11.9 Å². The quantitative estimate of drug-likeness (QED) is 0.264. The summed E-state index contributed by atoms with van der Waals surface area (Å²) in [7, 11) is 0. The molecular formula is C41H56O4. The molecule has 4 saturated carbocycles. The predicted octanol–water partition coefficient (Wildman–Crippen LogP) is 10.2. The zero-order valence-corrected chi connectivity index (χ0v) is 28.4. The average Bonchev–Trinajstić information content (AvgIpc) is 3.39. The molecule has 6 rings (SSSR count). The predicted molar refractivity (Wildman–Crippen MR) is 180 cm³/mol. The molecule has 4 fully saturated rings. The van der Waals surface area contributed by atoms with Crippen molar-refractivity contribution >= 4 is 11.9 Å². The van der Waals surface area contributed by atoms with Gasteiger partial charge in [0, 0.05) is 0 Å². The van der Waals surface area contributed by atoms with Gasteiger partial charge in [0.2, 0.25) is 0 Å². The highest BCUT2D eigenvalue weighted by molar-refractivity contribution is 5.90. The molecular weight excluding hydrogens is 556 g/mol. The molecule has 45 heavy (non-hydrogen) atoms. The van der Waals surface area contributed by atoms with Crippen molar-refractivity contribution in [2.24, 2.45) is 52.3 Å². The van der Waals surface area contributed by atoms with Crippen molar-refractivity contribution in [3.8, 4) is 0 Å². The Hall–Kier alpha value is -2.62. The number of hydrogen-bond acceptors (Lipinski definition) is 4. The van der Waals surface area contributed by atoms with Gasteiger partial charge in [-0.3, -0.25) is 0 Å². The number of benzene rings is 2. The smallest absolute Gasteiger partial charge is 0.338 e. The van der Waals surface area contributed by atoms with Crippen molar-refractivity contribution < 1.29 is 19.1 Å². The van der Waals surface area contributed by atoms with Crippen molar-refractivity contribution in [1.82, 2.24) is 0 Å². The molecule has 244 valence electrons. The fourth-order valence-electron chi connectivity index (χ4n) is 11.1. The highest BCUT2D eigenvalue weighted by Gasteiger charge is 2.62. The number of esters is 2. The lowest BCUT2D eigenvalue weighted by molar-refractivity contribution is -0.163. The fraction of sp³-hybridized carbons (Fsp3) is 0.659. The number of fused-ring (bicyclic) bond motifs is 5. The van der Waals surface area contributed by atoms with E-state index >= 15 is 0 Å². The largest absolute Gasteiger partial charge is 0.455 e. The first-order chi connectivity index (χ1) is 21.6. The summed E-state index contributed by atoms with van der Waals surface area (Å²) in [5, 5.41) is 0. The zero-order chi connectivity index (χ0) is 31.8. The molecule has 0 unspecified atom stereocenters. The SMILES string of the molecule is CC(C)CCC[C@@H](C)[C@@H]1CC[C@@H]2[C@@H]3CC[C@H]4C[C@H](OC(=O)c5ccccc5)[C@H](OC(=O)c5ccccc5)C[C@]4(C)[C@@H]3CC[C@@]21C.